The summed E-state index contributed by atoms with van der Waals surface area (Å²) in [7, 11) is 0. The molecule has 0 spiro atoms. The number of aryl methyl sites for hydroxylation is 1. The molecule has 0 aliphatic heterocycles. The Bertz CT molecular complexity index is 597. The largest absolute Gasteiger partial charge is 0.491 e. The van der Waals surface area contributed by atoms with Crippen LogP contribution in [0.25, 0.3) is 0 Å². The highest BCUT2D eigenvalue weighted by Gasteiger charge is 2.08. The van der Waals surface area contributed by atoms with Crippen molar-refractivity contribution in [1.29, 1.82) is 0 Å². The average molecular weight is 287 g/mol. The zero-order chi connectivity index (χ0) is 15.2. The second-order valence-corrected chi connectivity index (χ2v) is 4.83. The minimum atomic E-state index is -0.472. The van der Waals surface area contributed by atoms with Gasteiger partial charge < -0.3 is 10.1 Å². The number of nitrogens with zero attached hydrogens (tertiary/aromatic N) is 2. The summed E-state index contributed by atoms with van der Waals surface area (Å²) in [6.07, 6.45) is 1.23. The number of anilines is 1. The van der Waals surface area contributed by atoms with E-state index in [0.29, 0.717) is 12.4 Å². The summed E-state index contributed by atoms with van der Waals surface area (Å²) in [6.45, 7) is 4.45. The molecular weight excluding hydrogens is 270 g/mol. The molecule has 0 radical (unpaired) electrons. The van der Waals surface area contributed by atoms with Crippen molar-refractivity contribution >= 4 is 11.5 Å². The Kier molecular flexibility index (Phi) is 4.71. The first-order valence-electron chi connectivity index (χ1n) is 6.61. The van der Waals surface area contributed by atoms with Crippen LogP contribution in [0.1, 0.15) is 12.5 Å². The normalized spacial score (nSPS) is 11.7. The Hall–Kier alpha value is -2.63. The second-order valence-electron chi connectivity index (χ2n) is 4.83. The van der Waals surface area contributed by atoms with E-state index in [0.717, 1.165) is 5.75 Å². The first-order chi connectivity index (χ1) is 10.0. The van der Waals surface area contributed by atoms with Crippen LogP contribution in [0.2, 0.25) is 0 Å². The van der Waals surface area contributed by atoms with E-state index in [4.69, 9.17) is 4.74 Å². The Labute approximate surface area is 122 Å². The zero-order valence-electron chi connectivity index (χ0n) is 11.9. The van der Waals surface area contributed by atoms with Crippen LogP contribution in [0, 0.1) is 17.0 Å². The van der Waals surface area contributed by atoms with Gasteiger partial charge in [-0.2, -0.15) is 0 Å². The lowest BCUT2D eigenvalue weighted by Crippen LogP contribution is -2.23. The number of hydrogen-bond donors (Lipinski definition) is 1. The van der Waals surface area contributed by atoms with Gasteiger partial charge in [0.15, 0.2) is 0 Å². The molecule has 110 valence electrons. The van der Waals surface area contributed by atoms with Gasteiger partial charge in [0.25, 0.3) is 5.69 Å². The maximum Gasteiger partial charge on any atom is 0.287 e. The van der Waals surface area contributed by atoms with Crippen LogP contribution >= 0.6 is 0 Å². The molecule has 0 bridgehead atoms. The van der Waals surface area contributed by atoms with Crippen molar-refractivity contribution in [2.24, 2.45) is 0 Å². The van der Waals surface area contributed by atoms with Gasteiger partial charge in [-0.25, -0.2) is 4.98 Å². The molecule has 2 rings (SSSR count). The number of pyridine rings is 1. The third-order valence-corrected chi connectivity index (χ3v) is 2.87. The standard InChI is InChI=1S/C15H17N3O3/c1-11-3-6-14(7-4-11)21-10-12(2)17-15-8-5-13(9-16-15)18(19)20/h3-9,12H,10H2,1-2H3,(H,16,17). The second kappa shape index (κ2) is 6.69. The summed E-state index contributed by atoms with van der Waals surface area (Å²) < 4.78 is 5.66. The van der Waals surface area contributed by atoms with Gasteiger partial charge in [-0.1, -0.05) is 17.7 Å². The fourth-order valence-electron chi connectivity index (χ4n) is 1.73. The molecule has 1 N–H and O–H groups in total. The number of nitro groups is 1. The van der Waals surface area contributed by atoms with Crippen LogP contribution in [0.15, 0.2) is 42.6 Å². The Morgan fingerprint density at radius 2 is 2.00 bits per heavy atom. The smallest absolute Gasteiger partial charge is 0.287 e. The summed E-state index contributed by atoms with van der Waals surface area (Å²) in [5.74, 6) is 1.39. The van der Waals surface area contributed by atoms with E-state index < -0.39 is 4.92 Å². The molecule has 0 amide bonds. The van der Waals surface area contributed by atoms with Gasteiger partial charge in [0.1, 0.15) is 24.4 Å². The number of rotatable bonds is 6. The van der Waals surface area contributed by atoms with Crippen molar-refractivity contribution in [1.82, 2.24) is 4.98 Å². The summed E-state index contributed by atoms with van der Waals surface area (Å²) in [4.78, 5) is 14.1. The van der Waals surface area contributed by atoms with Crippen molar-refractivity contribution in [2.45, 2.75) is 19.9 Å². The predicted molar refractivity (Wildman–Crippen MR) is 80.7 cm³/mol. The van der Waals surface area contributed by atoms with Gasteiger partial charge in [-0.3, -0.25) is 10.1 Å². The topological polar surface area (TPSA) is 77.3 Å². The molecule has 0 aliphatic rings. The van der Waals surface area contributed by atoms with E-state index in [2.05, 4.69) is 10.3 Å². The lowest BCUT2D eigenvalue weighted by molar-refractivity contribution is -0.385. The number of aromatic nitrogens is 1. The highest BCUT2D eigenvalue weighted by atomic mass is 16.6. The molecule has 1 unspecified atom stereocenters. The number of hydrogen-bond acceptors (Lipinski definition) is 5. The zero-order valence-corrected chi connectivity index (χ0v) is 11.9. The van der Waals surface area contributed by atoms with Crippen LogP contribution in [0.3, 0.4) is 0 Å². The maximum atomic E-state index is 10.5. The molecule has 1 atom stereocenters. The van der Waals surface area contributed by atoms with Crippen LogP contribution in [0.4, 0.5) is 11.5 Å². The fraction of sp³-hybridized carbons (Fsp3) is 0.267. The fourth-order valence-corrected chi connectivity index (χ4v) is 1.73. The van der Waals surface area contributed by atoms with Crippen LogP contribution in [0.5, 0.6) is 5.75 Å². The van der Waals surface area contributed by atoms with Gasteiger partial charge in [0.2, 0.25) is 0 Å². The van der Waals surface area contributed by atoms with E-state index in [1.165, 1.54) is 17.8 Å². The lowest BCUT2D eigenvalue weighted by atomic mass is 10.2. The van der Waals surface area contributed by atoms with Crippen LogP contribution < -0.4 is 10.1 Å². The van der Waals surface area contributed by atoms with E-state index in [1.807, 2.05) is 38.1 Å². The summed E-state index contributed by atoms with van der Waals surface area (Å²) in [5, 5.41) is 13.7. The molecule has 2 aromatic rings. The first-order valence-corrected chi connectivity index (χ1v) is 6.61. The lowest BCUT2D eigenvalue weighted by Gasteiger charge is -2.15. The van der Waals surface area contributed by atoms with Gasteiger partial charge in [0, 0.05) is 6.07 Å². The molecule has 1 aromatic heterocycles. The van der Waals surface area contributed by atoms with E-state index >= 15 is 0 Å². The molecular formula is C15H17N3O3. The highest BCUT2D eigenvalue weighted by Crippen LogP contribution is 2.14. The van der Waals surface area contributed by atoms with Gasteiger partial charge in [0.05, 0.1) is 11.0 Å². The predicted octanol–water partition coefficient (Wildman–Crippen LogP) is 3.18. The molecule has 1 aromatic carbocycles. The minimum absolute atomic E-state index is 0.0240. The average Bonchev–Trinajstić information content (AvgIpc) is 2.47. The van der Waals surface area contributed by atoms with Crippen molar-refractivity contribution in [3.8, 4) is 5.75 Å². The summed E-state index contributed by atoms with van der Waals surface area (Å²) >= 11 is 0. The number of nitrogens with one attached hydrogen (secondary N) is 1. The van der Waals surface area contributed by atoms with Gasteiger partial charge in [-0.05, 0) is 32.0 Å². The Balaban J connectivity index is 1.85. The highest BCUT2D eigenvalue weighted by molar-refractivity contribution is 5.40. The van der Waals surface area contributed by atoms with Crippen LogP contribution in [-0.2, 0) is 0 Å². The molecule has 0 saturated carbocycles. The summed E-state index contributed by atoms with van der Waals surface area (Å²) in [6, 6.07) is 10.9. The van der Waals surface area contributed by atoms with Crippen molar-refractivity contribution in [2.75, 3.05) is 11.9 Å². The molecule has 6 heteroatoms. The number of ether oxygens (including phenoxy) is 1. The third kappa shape index (κ3) is 4.45. The van der Waals surface area contributed by atoms with E-state index in [9.17, 15) is 10.1 Å². The number of benzene rings is 1. The van der Waals surface area contributed by atoms with E-state index in [1.54, 1.807) is 6.07 Å². The van der Waals surface area contributed by atoms with Crippen molar-refractivity contribution in [3.63, 3.8) is 0 Å². The van der Waals surface area contributed by atoms with E-state index in [-0.39, 0.29) is 11.7 Å². The third-order valence-electron chi connectivity index (χ3n) is 2.87. The Morgan fingerprint density at radius 3 is 2.57 bits per heavy atom. The molecule has 0 saturated heterocycles. The minimum Gasteiger partial charge on any atom is -0.491 e. The van der Waals surface area contributed by atoms with Crippen molar-refractivity contribution < 1.29 is 9.66 Å². The molecule has 21 heavy (non-hydrogen) atoms. The maximum absolute atomic E-state index is 10.5. The van der Waals surface area contributed by atoms with Crippen molar-refractivity contribution in [3.05, 3.63) is 58.3 Å². The monoisotopic (exact) mass is 287 g/mol. The quantitative estimate of drug-likeness (QED) is 0.652. The Morgan fingerprint density at radius 1 is 1.29 bits per heavy atom. The van der Waals surface area contributed by atoms with Gasteiger partial charge in [-0.15, -0.1) is 0 Å². The molecule has 0 fully saturated rings. The van der Waals surface area contributed by atoms with Crippen LogP contribution in [-0.4, -0.2) is 22.6 Å². The first kappa shape index (κ1) is 14.8. The molecule has 6 nitrogen and oxygen atoms in total. The summed E-state index contributed by atoms with van der Waals surface area (Å²) in [5.41, 5.74) is 1.16. The molecule has 1 heterocycles. The SMILES string of the molecule is Cc1ccc(OCC(C)Nc2ccc([N+](=O)[O-])cn2)cc1. The van der Waals surface area contributed by atoms with Gasteiger partial charge >= 0.3 is 0 Å². The molecule has 0 aliphatic carbocycles.